The van der Waals surface area contributed by atoms with Crippen molar-refractivity contribution in [1.29, 1.82) is 0 Å². The monoisotopic (exact) mass is 352 g/mol. The number of rotatable bonds is 5. The molecule has 0 spiro atoms. The van der Waals surface area contributed by atoms with Crippen molar-refractivity contribution in [3.63, 3.8) is 0 Å². The number of amides is 2. The molecule has 3 N–H and O–H groups in total. The number of anilines is 1. The molecule has 7 nitrogen and oxygen atoms in total. The zero-order chi connectivity index (χ0) is 15.2. The average Bonchev–Trinajstić information content (AvgIpc) is 2.94. The number of halogens is 1. The van der Waals surface area contributed by atoms with Crippen LogP contribution in [0.1, 0.15) is 10.4 Å². The minimum absolute atomic E-state index is 0.145. The Bertz CT molecular complexity index is 643. The van der Waals surface area contributed by atoms with Crippen molar-refractivity contribution in [3.05, 3.63) is 46.7 Å². The number of aromatic carboxylic acids is 1. The van der Waals surface area contributed by atoms with E-state index in [4.69, 9.17) is 5.11 Å². The second-order valence-corrected chi connectivity index (χ2v) is 5.00. The van der Waals surface area contributed by atoms with Gasteiger partial charge in [0.1, 0.15) is 0 Å². The summed E-state index contributed by atoms with van der Waals surface area (Å²) in [6, 6.07) is 5.82. The largest absolute Gasteiger partial charge is 0.478 e. The zero-order valence-electron chi connectivity index (χ0n) is 10.9. The van der Waals surface area contributed by atoms with Crippen molar-refractivity contribution >= 4 is 33.6 Å². The summed E-state index contributed by atoms with van der Waals surface area (Å²) < 4.78 is 2.21. The molecule has 2 rings (SSSR count). The van der Waals surface area contributed by atoms with E-state index in [0.717, 1.165) is 0 Å². The summed E-state index contributed by atoms with van der Waals surface area (Å²) in [4.78, 5) is 22.5. The van der Waals surface area contributed by atoms with E-state index >= 15 is 0 Å². The van der Waals surface area contributed by atoms with Crippen LogP contribution in [0.3, 0.4) is 0 Å². The number of nitrogens with one attached hydrogen (secondary N) is 2. The maximum Gasteiger partial charge on any atom is 0.335 e. The molecule has 0 bridgehead atoms. The lowest BCUT2D eigenvalue weighted by Gasteiger charge is -2.09. The smallest absolute Gasteiger partial charge is 0.335 e. The minimum Gasteiger partial charge on any atom is -0.478 e. The molecule has 0 unspecified atom stereocenters. The standard InChI is InChI=1S/C13H13BrN4O3/c14-10-8-9(12(19)20)2-3-11(10)17-13(21)15-5-7-18-6-1-4-16-18/h1-4,6,8H,5,7H2,(H,19,20)(H2,15,17,21). The summed E-state index contributed by atoms with van der Waals surface area (Å²) >= 11 is 3.22. The molecule has 0 radical (unpaired) electrons. The number of carbonyl (C=O) groups is 2. The van der Waals surface area contributed by atoms with Gasteiger partial charge in [0.15, 0.2) is 0 Å². The summed E-state index contributed by atoms with van der Waals surface area (Å²) in [7, 11) is 0. The highest BCUT2D eigenvalue weighted by atomic mass is 79.9. The molecule has 110 valence electrons. The predicted molar refractivity (Wildman–Crippen MR) is 80.3 cm³/mol. The van der Waals surface area contributed by atoms with Crippen molar-refractivity contribution in [3.8, 4) is 0 Å². The number of carboxylic acid groups (broad SMARTS) is 1. The van der Waals surface area contributed by atoms with E-state index in [1.807, 2.05) is 0 Å². The number of nitrogens with zero attached hydrogens (tertiary/aromatic N) is 2. The van der Waals surface area contributed by atoms with Crippen molar-refractivity contribution in [2.75, 3.05) is 11.9 Å². The molecule has 21 heavy (non-hydrogen) atoms. The molecule has 0 saturated heterocycles. The van der Waals surface area contributed by atoms with Gasteiger partial charge in [0, 0.05) is 23.4 Å². The third-order valence-electron chi connectivity index (χ3n) is 2.65. The van der Waals surface area contributed by atoms with Crippen LogP contribution >= 0.6 is 15.9 Å². The number of aromatic nitrogens is 2. The lowest BCUT2D eigenvalue weighted by atomic mass is 10.2. The molecule has 2 aromatic rings. The molecule has 2 amide bonds. The van der Waals surface area contributed by atoms with Gasteiger partial charge in [0.2, 0.25) is 0 Å². The summed E-state index contributed by atoms with van der Waals surface area (Å²) in [6.07, 6.45) is 3.47. The SMILES string of the molecule is O=C(NCCn1cccn1)Nc1ccc(C(=O)O)cc1Br. The highest BCUT2D eigenvalue weighted by Crippen LogP contribution is 2.23. The molecule has 1 heterocycles. The first kappa shape index (κ1) is 15.0. The van der Waals surface area contributed by atoms with E-state index in [0.29, 0.717) is 23.2 Å². The van der Waals surface area contributed by atoms with Crippen LogP contribution in [0.15, 0.2) is 41.1 Å². The van der Waals surface area contributed by atoms with Crippen LogP contribution in [-0.2, 0) is 6.54 Å². The Morgan fingerprint density at radius 1 is 1.38 bits per heavy atom. The van der Waals surface area contributed by atoms with Crippen molar-refractivity contribution in [1.82, 2.24) is 15.1 Å². The molecule has 8 heteroatoms. The number of carboxylic acids is 1. The topological polar surface area (TPSA) is 96.3 Å². The lowest BCUT2D eigenvalue weighted by Crippen LogP contribution is -2.31. The molecule has 1 aromatic heterocycles. The number of hydrogen-bond donors (Lipinski definition) is 3. The van der Waals surface area contributed by atoms with Crippen LogP contribution in [0.4, 0.5) is 10.5 Å². The second-order valence-electron chi connectivity index (χ2n) is 4.15. The Morgan fingerprint density at radius 2 is 2.19 bits per heavy atom. The molecule has 0 aliphatic heterocycles. The Balaban J connectivity index is 1.86. The third-order valence-corrected chi connectivity index (χ3v) is 3.31. The highest BCUT2D eigenvalue weighted by Gasteiger charge is 2.09. The van der Waals surface area contributed by atoms with Gasteiger partial charge in [-0.3, -0.25) is 4.68 Å². The zero-order valence-corrected chi connectivity index (χ0v) is 12.5. The van der Waals surface area contributed by atoms with E-state index in [1.165, 1.54) is 18.2 Å². The maximum atomic E-state index is 11.7. The molecule has 0 fully saturated rings. The molecule has 1 aromatic carbocycles. The predicted octanol–water partition coefficient (Wildman–Crippen LogP) is 2.17. The van der Waals surface area contributed by atoms with Gasteiger partial charge < -0.3 is 15.7 Å². The Morgan fingerprint density at radius 3 is 2.81 bits per heavy atom. The Labute approximate surface area is 129 Å². The van der Waals surface area contributed by atoms with Gasteiger partial charge in [0.05, 0.1) is 17.8 Å². The summed E-state index contributed by atoms with van der Waals surface area (Å²) in [5, 5.41) is 18.2. The van der Waals surface area contributed by atoms with Crippen LogP contribution in [0, 0.1) is 0 Å². The van der Waals surface area contributed by atoms with Crippen molar-refractivity contribution in [2.24, 2.45) is 0 Å². The average molecular weight is 353 g/mol. The first-order valence-corrected chi connectivity index (χ1v) is 6.90. The van der Waals surface area contributed by atoms with E-state index < -0.39 is 5.97 Å². The van der Waals surface area contributed by atoms with Crippen LogP contribution in [-0.4, -0.2) is 33.4 Å². The van der Waals surface area contributed by atoms with Crippen LogP contribution in [0.2, 0.25) is 0 Å². The van der Waals surface area contributed by atoms with Crippen molar-refractivity contribution < 1.29 is 14.7 Å². The molecule has 0 aliphatic rings. The Hall–Kier alpha value is -2.35. The summed E-state index contributed by atoms with van der Waals surface area (Å²) in [5.74, 6) is -1.02. The van der Waals surface area contributed by atoms with Gasteiger partial charge in [-0.15, -0.1) is 0 Å². The fourth-order valence-electron chi connectivity index (χ4n) is 1.63. The minimum atomic E-state index is -1.02. The quantitative estimate of drug-likeness (QED) is 0.768. The molecular weight excluding hydrogens is 340 g/mol. The van der Waals surface area contributed by atoms with Gasteiger partial charge in [-0.2, -0.15) is 5.10 Å². The number of carbonyl (C=O) groups excluding carboxylic acids is 1. The van der Waals surface area contributed by atoms with Gasteiger partial charge in [-0.25, -0.2) is 9.59 Å². The molecule has 0 aliphatic carbocycles. The third kappa shape index (κ3) is 4.32. The Kier molecular flexibility index (Phi) is 4.94. The van der Waals surface area contributed by atoms with E-state index in [1.54, 1.807) is 23.1 Å². The number of benzene rings is 1. The van der Waals surface area contributed by atoms with Crippen LogP contribution in [0.25, 0.3) is 0 Å². The van der Waals surface area contributed by atoms with Crippen molar-refractivity contribution in [2.45, 2.75) is 6.54 Å². The first-order valence-electron chi connectivity index (χ1n) is 6.11. The van der Waals surface area contributed by atoms with Gasteiger partial charge >= 0.3 is 12.0 Å². The lowest BCUT2D eigenvalue weighted by molar-refractivity contribution is 0.0697. The maximum absolute atomic E-state index is 11.7. The molecule has 0 saturated carbocycles. The van der Waals surface area contributed by atoms with Crippen LogP contribution in [0.5, 0.6) is 0 Å². The van der Waals surface area contributed by atoms with E-state index in [2.05, 4.69) is 31.7 Å². The van der Waals surface area contributed by atoms with Gasteiger partial charge in [0.25, 0.3) is 0 Å². The number of hydrogen-bond acceptors (Lipinski definition) is 3. The van der Waals surface area contributed by atoms with E-state index in [9.17, 15) is 9.59 Å². The van der Waals surface area contributed by atoms with E-state index in [-0.39, 0.29) is 11.6 Å². The molecular formula is C13H13BrN4O3. The highest BCUT2D eigenvalue weighted by molar-refractivity contribution is 9.10. The summed E-state index contributed by atoms with van der Waals surface area (Å²) in [5.41, 5.74) is 0.642. The molecule has 0 atom stereocenters. The van der Waals surface area contributed by atoms with Gasteiger partial charge in [-0.1, -0.05) is 0 Å². The fourth-order valence-corrected chi connectivity index (χ4v) is 2.11. The summed E-state index contributed by atoms with van der Waals surface area (Å²) in [6.45, 7) is 0.998. The second kappa shape index (κ2) is 6.89. The van der Waals surface area contributed by atoms with Crippen LogP contribution < -0.4 is 10.6 Å². The fraction of sp³-hybridized carbons (Fsp3) is 0.154. The first-order chi connectivity index (χ1) is 10.1. The normalized spacial score (nSPS) is 10.1. The van der Waals surface area contributed by atoms with Gasteiger partial charge in [-0.05, 0) is 40.2 Å². The number of urea groups is 1.